The number of hydrogen-bond donors (Lipinski definition) is 2. The van der Waals surface area contributed by atoms with Crippen LogP contribution < -0.4 is 15.5 Å². The van der Waals surface area contributed by atoms with Crippen molar-refractivity contribution < 1.29 is 4.79 Å². The lowest BCUT2D eigenvalue weighted by atomic mass is 10.2. The van der Waals surface area contributed by atoms with Gasteiger partial charge in [0.05, 0.1) is 6.54 Å². The molecule has 1 aromatic rings. The zero-order chi connectivity index (χ0) is 16.5. The summed E-state index contributed by atoms with van der Waals surface area (Å²) in [5.41, 5.74) is 2.14. The number of benzene rings is 1. The highest BCUT2D eigenvalue weighted by Crippen LogP contribution is 2.21. The molecule has 0 radical (unpaired) electrons. The highest BCUT2D eigenvalue weighted by Gasteiger charge is 2.21. The third-order valence-corrected chi connectivity index (χ3v) is 3.91. The van der Waals surface area contributed by atoms with Crippen LogP contribution >= 0.6 is 0 Å². The van der Waals surface area contributed by atoms with Gasteiger partial charge in [-0.3, -0.25) is 4.79 Å². The van der Waals surface area contributed by atoms with E-state index in [-0.39, 0.29) is 5.91 Å². The zero-order valence-corrected chi connectivity index (χ0v) is 14.3. The van der Waals surface area contributed by atoms with Crippen LogP contribution in [0.25, 0.3) is 0 Å². The maximum atomic E-state index is 11.8. The van der Waals surface area contributed by atoms with Gasteiger partial charge in [0.2, 0.25) is 5.91 Å². The normalized spacial score (nSPS) is 15.1. The Labute approximate surface area is 139 Å². The van der Waals surface area contributed by atoms with Crippen molar-refractivity contribution in [1.29, 1.82) is 0 Å². The standard InChI is InChI=1S/C18H28N4O/c1-3-5-12-20-18(19-4-2)21-14-15-8-10-16(11-9-15)22-13-6-7-17(22)23/h8-11H,3-7,12-14H2,1-2H3,(H2,19,20,21). The molecule has 1 aliphatic heterocycles. The van der Waals surface area contributed by atoms with Crippen LogP contribution in [0.3, 0.4) is 0 Å². The van der Waals surface area contributed by atoms with Crippen molar-refractivity contribution in [3.05, 3.63) is 29.8 Å². The van der Waals surface area contributed by atoms with E-state index in [2.05, 4.69) is 41.6 Å². The number of nitrogens with one attached hydrogen (secondary N) is 2. The van der Waals surface area contributed by atoms with E-state index in [9.17, 15) is 4.79 Å². The third-order valence-electron chi connectivity index (χ3n) is 3.91. The first kappa shape index (κ1) is 17.3. The molecule has 126 valence electrons. The summed E-state index contributed by atoms with van der Waals surface area (Å²) in [6.45, 7) is 7.52. The number of rotatable bonds is 7. The molecule has 5 nitrogen and oxygen atoms in total. The summed E-state index contributed by atoms with van der Waals surface area (Å²) in [5.74, 6) is 1.09. The zero-order valence-electron chi connectivity index (χ0n) is 14.3. The molecule has 5 heteroatoms. The molecule has 23 heavy (non-hydrogen) atoms. The largest absolute Gasteiger partial charge is 0.357 e. The maximum absolute atomic E-state index is 11.8. The Balaban J connectivity index is 1.93. The third kappa shape index (κ3) is 5.27. The van der Waals surface area contributed by atoms with Crippen molar-refractivity contribution in [3.63, 3.8) is 0 Å². The fraction of sp³-hybridized carbons (Fsp3) is 0.556. The minimum atomic E-state index is 0.227. The van der Waals surface area contributed by atoms with Gasteiger partial charge in [0.15, 0.2) is 5.96 Å². The molecule has 1 aromatic carbocycles. The molecule has 0 spiro atoms. The Kier molecular flexibility index (Phi) is 6.91. The maximum Gasteiger partial charge on any atom is 0.227 e. The van der Waals surface area contributed by atoms with Crippen LogP contribution in [0.1, 0.15) is 45.1 Å². The molecule has 1 saturated heterocycles. The molecule has 0 aliphatic carbocycles. The molecular weight excluding hydrogens is 288 g/mol. The lowest BCUT2D eigenvalue weighted by Crippen LogP contribution is -2.37. The summed E-state index contributed by atoms with van der Waals surface area (Å²) in [4.78, 5) is 18.2. The van der Waals surface area contributed by atoms with E-state index in [0.717, 1.165) is 49.7 Å². The molecule has 2 N–H and O–H groups in total. The number of nitrogens with zero attached hydrogens (tertiary/aromatic N) is 2. The molecule has 0 aromatic heterocycles. The molecule has 0 bridgehead atoms. The topological polar surface area (TPSA) is 56.7 Å². The Morgan fingerprint density at radius 3 is 2.61 bits per heavy atom. The number of amides is 1. The highest BCUT2D eigenvalue weighted by molar-refractivity contribution is 5.95. The van der Waals surface area contributed by atoms with Crippen molar-refractivity contribution in [2.45, 2.75) is 46.1 Å². The molecule has 0 unspecified atom stereocenters. The monoisotopic (exact) mass is 316 g/mol. The van der Waals surface area contributed by atoms with Gasteiger partial charge in [-0.25, -0.2) is 4.99 Å². The van der Waals surface area contributed by atoms with E-state index in [4.69, 9.17) is 0 Å². The van der Waals surface area contributed by atoms with Crippen LogP contribution in [0.15, 0.2) is 29.3 Å². The van der Waals surface area contributed by atoms with Gasteiger partial charge in [-0.2, -0.15) is 0 Å². The van der Waals surface area contributed by atoms with E-state index in [1.165, 1.54) is 6.42 Å². The number of anilines is 1. The second-order valence-corrected chi connectivity index (χ2v) is 5.79. The lowest BCUT2D eigenvalue weighted by Gasteiger charge is -2.15. The Morgan fingerprint density at radius 1 is 1.22 bits per heavy atom. The first-order chi connectivity index (χ1) is 11.2. The molecule has 1 fully saturated rings. The van der Waals surface area contributed by atoms with Crippen LogP contribution in [-0.2, 0) is 11.3 Å². The summed E-state index contributed by atoms with van der Waals surface area (Å²) in [5, 5.41) is 6.60. The first-order valence-electron chi connectivity index (χ1n) is 8.66. The van der Waals surface area contributed by atoms with Gasteiger partial charge in [-0.05, 0) is 37.5 Å². The van der Waals surface area contributed by atoms with E-state index < -0.39 is 0 Å². The number of aliphatic imine (C=N–C) groups is 1. The van der Waals surface area contributed by atoms with E-state index in [1.54, 1.807) is 0 Å². The van der Waals surface area contributed by atoms with Crippen molar-refractivity contribution in [3.8, 4) is 0 Å². The average molecular weight is 316 g/mol. The van der Waals surface area contributed by atoms with Gasteiger partial charge < -0.3 is 15.5 Å². The highest BCUT2D eigenvalue weighted by atomic mass is 16.2. The van der Waals surface area contributed by atoms with E-state index >= 15 is 0 Å². The molecule has 0 saturated carbocycles. The molecule has 1 aliphatic rings. The number of unbranched alkanes of at least 4 members (excludes halogenated alkanes) is 1. The Bertz CT molecular complexity index is 524. The quantitative estimate of drug-likeness (QED) is 0.462. The van der Waals surface area contributed by atoms with Gasteiger partial charge in [-0.15, -0.1) is 0 Å². The second-order valence-electron chi connectivity index (χ2n) is 5.79. The number of carbonyl (C=O) groups excluding carboxylic acids is 1. The summed E-state index contributed by atoms with van der Waals surface area (Å²) in [6.07, 6.45) is 3.94. The van der Waals surface area contributed by atoms with Gasteiger partial charge >= 0.3 is 0 Å². The molecule has 1 amide bonds. The van der Waals surface area contributed by atoms with Crippen LogP contribution in [-0.4, -0.2) is 31.5 Å². The van der Waals surface area contributed by atoms with Gasteiger partial charge in [-0.1, -0.05) is 25.5 Å². The first-order valence-corrected chi connectivity index (χ1v) is 8.66. The Hall–Kier alpha value is -2.04. The smallest absolute Gasteiger partial charge is 0.227 e. The summed E-state index contributed by atoms with van der Waals surface area (Å²) in [6, 6.07) is 8.15. The van der Waals surface area contributed by atoms with Crippen LogP contribution in [0, 0.1) is 0 Å². The van der Waals surface area contributed by atoms with Crippen LogP contribution in [0.4, 0.5) is 5.69 Å². The lowest BCUT2D eigenvalue weighted by molar-refractivity contribution is -0.117. The minimum Gasteiger partial charge on any atom is -0.357 e. The number of carbonyl (C=O) groups is 1. The summed E-state index contributed by atoms with van der Waals surface area (Å²) >= 11 is 0. The fourth-order valence-corrected chi connectivity index (χ4v) is 2.60. The Morgan fingerprint density at radius 2 is 2.00 bits per heavy atom. The van der Waals surface area contributed by atoms with Crippen molar-refractivity contribution in [1.82, 2.24) is 10.6 Å². The van der Waals surface area contributed by atoms with Gasteiger partial charge in [0.25, 0.3) is 0 Å². The van der Waals surface area contributed by atoms with E-state index in [1.807, 2.05) is 17.0 Å². The second kappa shape index (κ2) is 9.18. The molecule has 1 heterocycles. The van der Waals surface area contributed by atoms with Crippen LogP contribution in [0.5, 0.6) is 0 Å². The average Bonchev–Trinajstić information content (AvgIpc) is 2.99. The number of guanidine groups is 1. The van der Waals surface area contributed by atoms with Crippen molar-refractivity contribution in [2.75, 3.05) is 24.5 Å². The van der Waals surface area contributed by atoms with Crippen molar-refractivity contribution >= 4 is 17.6 Å². The number of hydrogen-bond acceptors (Lipinski definition) is 2. The van der Waals surface area contributed by atoms with Crippen molar-refractivity contribution in [2.24, 2.45) is 4.99 Å². The van der Waals surface area contributed by atoms with E-state index in [0.29, 0.717) is 13.0 Å². The minimum absolute atomic E-state index is 0.227. The predicted molar refractivity (Wildman–Crippen MR) is 95.8 cm³/mol. The molecular formula is C18H28N4O. The van der Waals surface area contributed by atoms with Crippen LogP contribution in [0.2, 0.25) is 0 Å². The summed E-state index contributed by atoms with van der Waals surface area (Å²) in [7, 11) is 0. The molecule has 2 rings (SSSR count). The molecule has 0 atom stereocenters. The fourth-order valence-electron chi connectivity index (χ4n) is 2.60. The van der Waals surface area contributed by atoms with Gasteiger partial charge in [0, 0.05) is 31.7 Å². The summed E-state index contributed by atoms with van der Waals surface area (Å²) < 4.78 is 0. The predicted octanol–water partition coefficient (Wildman–Crippen LogP) is 2.67. The van der Waals surface area contributed by atoms with Gasteiger partial charge in [0.1, 0.15) is 0 Å². The SMILES string of the molecule is CCCCNC(=NCc1ccc(N2CCCC2=O)cc1)NCC.